The molecule has 1 amide bonds. The van der Waals surface area contributed by atoms with Gasteiger partial charge in [0.25, 0.3) is 5.91 Å². The number of anilines is 1. The van der Waals surface area contributed by atoms with Gasteiger partial charge in [0.2, 0.25) is 10.0 Å². The van der Waals surface area contributed by atoms with Gasteiger partial charge >= 0.3 is 0 Å². The number of amides is 1. The van der Waals surface area contributed by atoms with Gasteiger partial charge in [0.1, 0.15) is 0 Å². The highest BCUT2D eigenvalue weighted by Crippen LogP contribution is 2.22. The van der Waals surface area contributed by atoms with Crippen molar-refractivity contribution in [2.24, 2.45) is 0 Å². The summed E-state index contributed by atoms with van der Waals surface area (Å²) in [6, 6.07) is 9.87. The fourth-order valence-corrected chi connectivity index (χ4v) is 3.22. The standard InChI is InChI=1S/C16H16Cl2N2O3S/c1-10-13(4-3-5-15(10)20-24(2,22)23)16(21)19-9-11-6-7-12(17)8-14(11)18/h3-8,20H,9H2,1-2H3,(H,19,21). The number of carbonyl (C=O) groups excluding carboxylic acids is 1. The van der Waals surface area contributed by atoms with Gasteiger partial charge in [-0.1, -0.05) is 35.3 Å². The second kappa shape index (κ2) is 7.42. The predicted molar refractivity (Wildman–Crippen MR) is 97.3 cm³/mol. The topological polar surface area (TPSA) is 75.3 Å². The maximum absolute atomic E-state index is 12.4. The molecule has 0 saturated carbocycles. The van der Waals surface area contributed by atoms with Gasteiger partial charge in [-0.25, -0.2) is 8.42 Å². The number of benzene rings is 2. The van der Waals surface area contributed by atoms with Crippen LogP contribution in [0, 0.1) is 6.92 Å². The van der Waals surface area contributed by atoms with Crippen LogP contribution in [0.5, 0.6) is 0 Å². The normalized spacial score (nSPS) is 11.2. The fraction of sp³-hybridized carbons (Fsp3) is 0.188. The SMILES string of the molecule is Cc1c(NS(C)(=O)=O)cccc1C(=O)NCc1ccc(Cl)cc1Cl. The van der Waals surface area contributed by atoms with E-state index in [1.54, 1.807) is 43.3 Å². The molecule has 2 aromatic carbocycles. The molecule has 0 heterocycles. The Morgan fingerprint density at radius 3 is 2.50 bits per heavy atom. The van der Waals surface area contributed by atoms with E-state index >= 15 is 0 Å². The smallest absolute Gasteiger partial charge is 0.251 e. The van der Waals surface area contributed by atoms with Gasteiger partial charge in [-0.05, 0) is 42.3 Å². The van der Waals surface area contributed by atoms with Crippen LogP contribution in [-0.2, 0) is 16.6 Å². The minimum atomic E-state index is -3.42. The molecule has 0 fully saturated rings. The van der Waals surface area contributed by atoms with E-state index in [2.05, 4.69) is 10.0 Å². The maximum Gasteiger partial charge on any atom is 0.251 e. The summed E-state index contributed by atoms with van der Waals surface area (Å²) in [5, 5.41) is 3.75. The monoisotopic (exact) mass is 386 g/mol. The molecule has 2 rings (SSSR count). The molecule has 128 valence electrons. The summed E-state index contributed by atoms with van der Waals surface area (Å²) in [5.41, 5.74) is 2.03. The first kappa shape index (κ1) is 18.6. The molecule has 0 aliphatic carbocycles. The second-order valence-electron chi connectivity index (χ2n) is 5.27. The predicted octanol–water partition coefficient (Wildman–Crippen LogP) is 3.60. The number of sulfonamides is 1. The highest BCUT2D eigenvalue weighted by atomic mass is 35.5. The Balaban J connectivity index is 2.16. The molecule has 0 unspecified atom stereocenters. The Labute approximate surface area is 151 Å². The molecule has 0 radical (unpaired) electrons. The third kappa shape index (κ3) is 4.87. The largest absolute Gasteiger partial charge is 0.348 e. The van der Waals surface area contributed by atoms with E-state index in [1.807, 2.05) is 0 Å². The number of carbonyl (C=O) groups is 1. The lowest BCUT2D eigenvalue weighted by molar-refractivity contribution is 0.0950. The summed E-state index contributed by atoms with van der Waals surface area (Å²) < 4.78 is 25.1. The Kier molecular flexibility index (Phi) is 5.74. The van der Waals surface area contributed by atoms with Crippen LogP contribution in [0.15, 0.2) is 36.4 Å². The molecule has 0 aromatic heterocycles. The molecular formula is C16H16Cl2N2O3S. The van der Waals surface area contributed by atoms with Gasteiger partial charge in [-0.3, -0.25) is 9.52 Å². The molecule has 0 aliphatic heterocycles. The van der Waals surface area contributed by atoms with E-state index < -0.39 is 10.0 Å². The average molecular weight is 387 g/mol. The first-order valence-electron chi connectivity index (χ1n) is 6.97. The zero-order chi connectivity index (χ0) is 17.9. The minimum absolute atomic E-state index is 0.234. The highest BCUT2D eigenvalue weighted by Gasteiger charge is 2.14. The van der Waals surface area contributed by atoms with Crippen molar-refractivity contribution in [2.75, 3.05) is 11.0 Å². The third-order valence-corrected chi connectivity index (χ3v) is 4.51. The minimum Gasteiger partial charge on any atom is -0.348 e. The van der Waals surface area contributed by atoms with Crippen LogP contribution in [-0.4, -0.2) is 20.6 Å². The lowest BCUT2D eigenvalue weighted by Crippen LogP contribution is -2.24. The van der Waals surface area contributed by atoms with Crippen molar-refractivity contribution in [3.63, 3.8) is 0 Å². The Morgan fingerprint density at radius 2 is 1.88 bits per heavy atom. The quantitative estimate of drug-likeness (QED) is 0.823. The molecular weight excluding hydrogens is 371 g/mol. The van der Waals surface area contributed by atoms with Crippen LogP contribution in [0.3, 0.4) is 0 Å². The summed E-state index contributed by atoms with van der Waals surface area (Å²) >= 11 is 11.9. The first-order valence-corrected chi connectivity index (χ1v) is 9.61. The van der Waals surface area contributed by atoms with Crippen molar-refractivity contribution in [1.29, 1.82) is 0 Å². The van der Waals surface area contributed by atoms with Gasteiger partial charge in [0.05, 0.1) is 11.9 Å². The van der Waals surface area contributed by atoms with E-state index in [0.29, 0.717) is 26.9 Å². The summed E-state index contributed by atoms with van der Waals surface area (Å²) in [6.45, 7) is 1.91. The highest BCUT2D eigenvalue weighted by molar-refractivity contribution is 7.92. The summed E-state index contributed by atoms with van der Waals surface area (Å²) in [5.74, 6) is -0.323. The second-order valence-corrected chi connectivity index (χ2v) is 7.86. The molecule has 2 N–H and O–H groups in total. The van der Waals surface area contributed by atoms with Crippen molar-refractivity contribution in [2.45, 2.75) is 13.5 Å². The van der Waals surface area contributed by atoms with Gasteiger partial charge in [-0.15, -0.1) is 0 Å². The lowest BCUT2D eigenvalue weighted by Gasteiger charge is -2.13. The average Bonchev–Trinajstić information content (AvgIpc) is 2.47. The Morgan fingerprint density at radius 1 is 1.17 bits per heavy atom. The molecule has 0 aliphatic rings. The summed E-state index contributed by atoms with van der Waals surface area (Å²) in [6.07, 6.45) is 1.06. The van der Waals surface area contributed by atoms with Crippen LogP contribution in [0.1, 0.15) is 21.5 Å². The molecule has 0 bridgehead atoms. The zero-order valence-corrected chi connectivity index (χ0v) is 15.4. The molecule has 8 heteroatoms. The third-order valence-electron chi connectivity index (χ3n) is 3.33. The first-order chi connectivity index (χ1) is 11.2. The van der Waals surface area contributed by atoms with Gasteiger partial charge in [0.15, 0.2) is 0 Å². The van der Waals surface area contributed by atoms with Gasteiger partial charge < -0.3 is 5.32 Å². The van der Waals surface area contributed by atoms with Crippen LogP contribution < -0.4 is 10.0 Å². The van der Waals surface area contributed by atoms with Gasteiger partial charge in [0, 0.05) is 22.2 Å². The Hall–Kier alpha value is -1.76. The number of hydrogen-bond donors (Lipinski definition) is 2. The van der Waals surface area contributed by atoms with Crippen LogP contribution in [0.4, 0.5) is 5.69 Å². The van der Waals surface area contributed by atoms with E-state index in [9.17, 15) is 13.2 Å². The molecule has 5 nitrogen and oxygen atoms in total. The van der Waals surface area contributed by atoms with Crippen LogP contribution in [0.25, 0.3) is 0 Å². The fourth-order valence-electron chi connectivity index (χ4n) is 2.13. The molecule has 24 heavy (non-hydrogen) atoms. The van der Waals surface area contributed by atoms with Crippen molar-refractivity contribution in [3.8, 4) is 0 Å². The Bertz CT molecular complexity index is 883. The van der Waals surface area contributed by atoms with Crippen molar-refractivity contribution >= 4 is 44.8 Å². The van der Waals surface area contributed by atoms with Crippen LogP contribution >= 0.6 is 23.2 Å². The number of nitrogens with one attached hydrogen (secondary N) is 2. The number of hydrogen-bond acceptors (Lipinski definition) is 3. The maximum atomic E-state index is 12.4. The number of rotatable bonds is 5. The number of halogens is 2. The van der Waals surface area contributed by atoms with Crippen LogP contribution in [0.2, 0.25) is 10.0 Å². The van der Waals surface area contributed by atoms with Gasteiger partial charge in [-0.2, -0.15) is 0 Å². The van der Waals surface area contributed by atoms with E-state index in [1.165, 1.54) is 0 Å². The molecule has 2 aromatic rings. The van der Waals surface area contributed by atoms with E-state index in [0.717, 1.165) is 11.8 Å². The molecule has 0 atom stereocenters. The van der Waals surface area contributed by atoms with Crippen molar-refractivity contribution < 1.29 is 13.2 Å². The van der Waals surface area contributed by atoms with Crippen molar-refractivity contribution in [3.05, 3.63) is 63.1 Å². The zero-order valence-electron chi connectivity index (χ0n) is 13.1. The summed E-state index contributed by atoms with van der Waals surface area (Å²) in [7, 11) is -3.42. The molecule has 0 saturated heterocycles. The van der Waals surface area contributed by atoms with Crippen molar-refractivity contribution in [1.82, 2.24) is 5.32 Å². The molecule has 0 spiro atoms. The lowest BCUT2D eigenvalue weighted by atomic mass is 10.1. The van der Waals surface area contributed by atoms with E-state index in [-0.39, 0.29) is 12.5 Å². The van der Waals surface area contributed by atoms with E-state index in [4.69, 9.17) is 23.2 Å². The summed E-state index contributed by atoms with van der Waals surface area (Å²) in [4.78, 5) is 12.4.